The fourth-order valence-electron chi connectivity index (χ4n) is 2.76. The highest BCUT2D eigenvalue weighted by atomic mass is 32.2. The summed E-state index contributed by atoms with van der Waals surface area (Å²) in [6, 6.07) is 17.3. The molecule has 2 N–H and O–H groups in total. The first-order valence-electron chi connectivity index (χ1n) is 8.97. The number of anilines is 1. The zero-order chi connectivity index (χ0) is 19.8. The molecule has 7 heteroatoms. The molecule has 0 atom stereocenters. The minimum atomic E-state index is -0.661. The molecule has 2 aromatic carbocycles. The molecule has 0 aliphatic rings. The van der Waals surface area contributed by atoms with Crippen molar-refractivity contribution in [2.24, 2.45) is 0 Å². The minimum Gasteiger partial charge on any atom is -0.348 e. The standard InChI is InChI=1S/C21H22N4O2S/c1-28-18-10-5-9-17(15-18)24-21(27)20(26)23-11-6-13-25-14-12-22-19(25)16-7-3-2-4-8-16/h2-5,7-10,12,14-15H,6,11,13H2,1H3,(H,23,26)(H,24,27). The summed E-state index contributed by atoms with van der Waals surface area (Å²) in [5.74, 6) is -0.410. The summed E-state index contributed by atoms with van der Waals surface area (Å²) in [7, 11) is 0. The van der Waals surface area contributed by atoms with Gasteiger partial charge in [0, 0.05) is 41.6 Å². The molecule has 0 fully saturated rings. The molecule has 0 bridgehead atoms. The molecule has 2 amide bonds. The van der Waals surface area contributed by atoms with Crippen molar-refractivity contribution in [1.82, 2.24) is 14.9 Å². The van der Waals surface area contributed by atoms with Gasteiger partial charge in [0.1, 0.15) is 5.82 Å². The predicted molar refractivity (Wildman–Crippen MR) is 112 cm³/mol. The van der Waals surface area contributed by atoms with E-state index in [0.29, 0.717) is 25.2 Å². The molecule has 0 aliphatic carbocycles. The van der Waals surface area contributed by atoms with Gasteiger partial charge in [0.15, 0.2) is 0 Å². The van der Waals surface area contributed by atoms with Crippen molar-refractivity contribution >= 4 is 29.3 Å². The molecule has 1 heterocycles. The normalized spacial score (nSPS) is 10.5. The Morgan fingerprint density at radius 1 is 1.07 bits per heavy atom. The van der Waals surface area contributed by atoms with Gasteiger partial charge in [-0.15, -0.1) is 11.8 Å². The molecule has 0 unspecified atom stereocenters. The number of imidazole rings is 1. The van der Waals surface area contributed by atoms with E-state index in [1.807, 2.05) is 65.6 Å². The van der Waals surface area contributed by atoms with Crippen LogP contribution in [0.25, 0.3) is 11.4 Å². The molecule has 3 rings (SSSR count). The Bertz CT molecular complexity index is 940. The lowest BCUT2D eigenvalue weighted by Gasteiger charge is -2.09. The highest BCUT2D eigenvalue weighted by molar-refractivity contribution is 7.98. The Balaban J connectivity index is 1.46. The van der Waals surface area contributed by atoms with E-state index in [1.54, 1.807) is 24.0 Å². The second-order valence-corrected chi connectivity index (χ2v) is 6.99. The number of rotatable bonds is 7. The Morgan fingerprint density at radius 2 is 1.89 bits per heavy atom. The summed E-state index contributed by atoms with van der Waals surface area (Å²) in [4.78, 5) is 29.5. The molecule has 6 nitrogen and oxygen atoms in total. The highest BCUT2D eigenvalue weighted by Crippen LogP contribution is 2.19. The van der Waals surface area contributed by atoms with Gasteiger partial charge in [-0.25, -0.2) is 4.98 Å². The van der Waals surface area contributed by atoms with E-state index in [0.717, 1.165) is 16.3 Å². The van der Waals surface area contributed by atoms with Crippen LogP contribution in [0.5, 0.6) is 0 Å². The maximum Gasteiger partial charge on any atom is 0.313 e. The number of thioether (sulfide) groups is 1. The Hall–Kier alpha value is -3.06. The fourth-order valence-corrected chi connectivity index (χ4v) is 3.22. The van der Waals surface area contributed by atoms with E-state index in [-0.39, 0.29) is 0 Å². The molecule has 1 aromatic heterocycles. The number of amides is 2. The number of aryl methyl sites for hydroxylation is 1. The summed E-state index contributed by atoms with van der Waals surface area (Å²) in [6.45, 7) is 1.10. The van der Waals surface area contributed by atoms with Crippen molar-refractivity contribution in [2.45, 2.75) is 17.9 Å². The second-order valence-electron chi connectivity index (χ2n) is 6.11. The molecule has 0 radical (unpaired) electrons. The largest absolute Gasteiger partial charge is 0.348 e. The van der Waals surface area contributed by atoms with Crippen molar-refractivity contribution in [3.63, 3.8) is 0 Å². The Labute approximate surface area is 168 Å². The lowest BCUT2D eigenvalue weighted by Crippen LogP contribution is -2.36. The second kappa shape index (κ2) is 9.75. The van der Waals surface area contributed by atoms with Crippen LogP contribution < -0.4 is 10.6 Å². The SMILES string of the molecule is CSc1cccc(NC(=O)C(=O)NCCCn2ccnc2-c2ccccc2)c1. The van der Waals surface area contributed by atoms with Crippen LogP contribution in [0.1, 0.15) is 6.42 Å². The van der Waals surface area contributed by atoms with Crippen LogP contribution in [0, 0.1) is 0 Å². The quantitative estimate of drug-likeness (QED) is 0.366. The van der Waals surface area contributed by atoms with E-state index < -0.39 is 11.8 Å². The van der Waals surface area contributed by atoms with Gasteiger partial charge in [-0.05, 0) is 30.9 Å². The van der Waals surface area contributed by atoms with E-state index >= 15 is 0 Å². The summed E-state index contributed by atoms with van der Waals surface area (Å²) < 4.78 is 2.04. The summed E-state index contributed by atoms with van der Waals surface area (Å²) in [5, 5.41) is 5.28. The number of benzene rings is 2. The first-order chi connectivity index (χ1) is 13.7. The number of carbonyl (C=O) groups is 2. The molecule has 0 saturated carbocycles. The Morgan fingerprint density at radius 3 is 2.68 bits per heavy atom. The average molecular weight is 394 g/mol. The number of hydrogen-bond donors (Lipinski definition) is 2. The summed E-state index contributed by atoms with van der Waals surface area (Å²) >= 11 is 1.57. The number of carbonyl (C=O) groups excluding carboxylic acids is 2. The maximum atomic E-state index is 12.0. The average Bonchev–Trinajstić information content (AvgIpc) is 3.20. The number of nitrogens with one attached hydrogen (secondary N) is 2. The van der Waals surface area contributed by atoms with Crippen LogP contribution in [-0.4, -0.2) is 34.2 Å². The van der Waals surface area contributed by atoms with Gasteiger partial charge in [0.05, 0.1) is 0 Å². The number of nitrogens with zero attached hydrogens (tertiary/aromatic N) is 2. The summed E-state index contributed by atoms with van der Waals surface area (Å²) in [6.07, 6.45) is 6.32. The van der Waals surface area contributed by atoms with Crippen LogP contribution >= 0.6 is 11.8 Å². The lowest BCUT2D eigenvalue weighted by molar-refractivity contribution is -0.136. The van der Waals surface area contributed by atoms with Gasteiger partial charge in [-0.2, -0.15) is 0 Å². The third-order valence-electron chi connectivity index (χ3n) is 4.14. The van der Waals surface area contributed by atoms with Crippen LogP contribution in [0.15, 0.2) is 71.9 Å². The molecule has 0 aliphatic heterocycles. The topological polar surface area (TPSA) is 76.0 Å². The van der Waals surface area contributed by atoms with Gasteiger partial charge in [-0.3, -0.25) is 9.59 Å². The van der Waals surface area contributed by atoms with Crippen LogP contribution in [0.2, 0.25) is 0 Å². The van der Waals surface area contributed by atoms with E-state index in [9.17, 15) is 9.59 Å². The monoisotopic (exact) mass is 394 g/mol. The first-order valence-corrected chi connectivity index (χ1v) is 10.2. The van der Waals surface area contributed by atoms with Gasteiger partial charge >= 0.3 is 11.8 Å². The van der Waals surface area contributed by atoms with Crippen molar-refractivity contribution in [2.75, 3.05) is 18.1 Å². The van der Waals surface area contributed by atoms with Crippen molar-refractivity contribution < 1.29 is 9.59 Å². The smallest absolute Gasteiger partial charge is 0.313 e. The zero-order valence-corrected chi connectivity index (χ0v) is 16.4. The molecular formula is C21H22N4O2S. The van der Waals surface area contributed by atoms with Crippen molar-refractivity contribution in [1.29, 1.82) is 0 Å². The van der Waals surface area contributed by atoms with Crippen LogP contribution in [-0.2, 0) is 16.1 Å². The lowest BCUT2D eigenvalue weighted by atomic mass is 10.2. The molecule has 3 aromatic rings. The Kier molecular flexibility index (Phi) is 6.86. The maximum absolute atomic E-state index is 12.0. The van der Waals surface area contributed by atoms with E-state index in [4.69, 9.17) is 0 Å². The van der Waals surface area contributed by atoms with Crippen LogP contribution in [0.3, 0.4) is 0 Å². The van der Waals surface area contributed by atoms with Gasteiger partial charge in [-0.1, -0.05) is 36.4 Å². The fraction of sp³-hybridized carbons (Fsp3) is 0.190. The van der Waals surface area contributed by atoms with Crippen LogP contribution in [0.4, 0.5) is 5.69 Å². The van der Waals surface area contributed by atoms with E-state index in [1.165, 1.54) is 0 Å². The first kappa shape index (κ1) is 19.7. The molecular weight excluding hydrogens is 372 g/mol. The third-order valence-corrected chi connectivity index (χ3v) is 4.87. The third kappa shape index (κ3) is 5.23. The summed E-state index contributed by atoms with van der Waals surface area (Å²) in [5.41, 5.74) is 1.65. The van der Waals surface area contributed by atoms with Gasteiger partial charge in [0.2, 0.25) is 0 Å². The zero-order valence-electron chi connectivity index (χ0n) is 15.6. The predicted octanol–water partition coefficient (Wildman–Crippen LogP) is 3.42. The van der Waals surface area contributed by atoms with Crippen molar-refractivity contribution in [3.8, 4) is 11.4 Å². The van der Waals surface area contributed by atoms with Gasteiger partial charge in [0.25, 0.3) is 0 Å². The highest BCUT2D eigenvalue weighted by Gasteiger charge is 2.13. The molecule has 144 valence electrons. The number of hydrogen-bond acceptors (Lipinski definition) is 4. The van der Waals surface area contributed by atoms with Crippen molar-refractivity contribution in [3.05, 3.63) is 67.0 Å². The van der Waals surface area contributed by atoms with Gasteiger partial charge < -0.3 is 15.2 Å². The minimum absolute atomic E-state index is 0.406. The molecule has 0 spiro atoms. The van der Waals surface area contributed by atoms with E-state index in [2.05, 4.69) is 15.6 Å². The molecule has 0 saturated heterocycles. The molecule has 28 heavy (non-hydrogen) atoms. The number of aromatic nitrogens is 2.